The molecule has 4 aromatic rings. The van der Waals surface area contributed by atoms with Crippen LogP contribution in [0, 0.1) is 0 Å². The lowest BCUT2D eigenvalue weighted by Gasteiger charge is -2.12. The number of nitrogens with zero attached hydrogens (tertiary/aromatic N) is 5. The molecular formula is C19H17N5O2. The van der Waals surface area contributed by atoms with E-state index in [1.54, 1.807) is 13.1 Å². The molecule has 0 aliphatic rings. The summed E-state index contributed by atoms with van der Waals surface area (Å²) < 4.78 is 7.16. The zero-order chi connectivity index (χ0) is 18.3. The predicted octanol–water partition coefficient (Wildman–Crippen LogP) is 2.72. The van der Waals surface area contributed by atoms with E-state index in [-0.39, 0.29) is 11.4 Å². The van der Waals surface area contributed by atoms with Gasteiger partial charge in [-0.15, -0.1) is 10.2 Å². The van der Waals surface area contributed by atoms with E-state index in [1.807, 2.05) is 61.5 Å². The topological polar surface area (TPSA) is 77.1 Å². The molecule has 26 heavy (non-hydrogen) atoms. The molecule has 4 rings (SSSR count). The zero-order valence-corrected chi connectivity index (χ0v) is 14.7. The van der Waals surface area contributed by atoms with Crippen molar-refractivity contribution in [1.29, 1.82) is 0 Å². The molecule has 0 saturated heterocycles. The lowest BCUT2D eigenvalue weighted by Crippen LogP contribution is -2.20. The van der Waals surface area contributed by atoms with E-state index in [0.29, 0.717) is 22.4 Å². The third-order valence-electron chi connectivity index (χ3n) is 4.19. The van der Waals surface area contributed by atoms with E-state index in [0.717, 1.165) is 11.3 Å². The van der Waals surface area contributed by atoms with Crippen molar-refractivity contribution >= 4 is 16.5 Å². The Labute approximate surface area is 149 Å². The number of benzene rings is 2. The molecule has 0 N–H and O–H groups in total. The molecule has 7 heteroatoms. The van der Waals surface area contributed by atoms with E-state index in [2.05, 4.69) is 15.3 Å². The summed E-state index contributed by atoms with van der Waals surface area (Å²) in [6.07, 6.45) is 0. The van der Waals surface area contributed by atoms with Crippen molar-refractivity contribution in [3.63, 3.8) is 0 Å². The number of fused-ring (bicyclic) bond motifs is 1. The number of rotatable bonds is 3. The normalized spacial score (nSPS) is 11.0. The summed E-state index contributed by atoms with van der Waals surface area (Å²) in [5, 5.41) is 13.9. The van der Waals surface area contributed by atoms with Gasteiger partial charge in [0, 0.05) is 37.8 Å². The number of aromatic nitrogens is 4. The van der Waals surface area contributed by atoms with Gasteiger partial charge in [-0.25, -0.2) is 4.68 Å². The summed E-state index contributed by atoms with van der Waals surface area (Å²) in [5.41, 5.74) is 2.19. The second kappa shape index (κ2) is 6.11. The van der Waals surface area contributed by atoms with Gasteiger partial charge in [0.25, 0.3) is 11.4 Å². The molecule has 0 bridgehead atoms. The van der Waals surface area contributed by atoms with Gasteiger partial charge in [0.1, 0.15) is 0 Å². The average molecular weight is 347 g/mol. The van der Waals surface area contributed by atoms with E-state index in [4.69, 9.17) is 4.42 Å². The summed E-state index contributed by atoms with van der Waals surface area (Å²) >= 11 is 0. The van der Waals surface area contributed by atoms with E-state index >= 15 is 0 Å². The molecule has 0 unspecified atom stereocenters. The van der Waals surface area contributed by atoms with Crippen molar-refractivity contribution < 1.29 is 4.42 Å². The Balaban J connectivity index is 1.85. The van der Waals surface area contributed by atoms with Gasteiger partial charge in [-0.1, -0.05) is 24.3 Å². The smallest absolute Gasteiger partial charge is 0.274 e. The molecule has 0 amide bonds. The van der Waals surface area contributed by atoms with Crippen molar-refractivity contribution in [2.24, 2.45) is 7.05 Å². The summed E-state index contributed by atoms with van der Waals surface area (Å²) in [6, 6.07) is 15.1. The van der Waals surface area contributed by atoms with Crippen molar-refractivity contribution in [2.75, 3.05) is 19.0 Å². The Morgan fingerprint density at radius 2 is 1.69 bits per heavy atom. The van der Waals surface area contributed by atoms with Crippen LogP contribution in [0.4, 0.5) is 5.69 Å². The van der Waals surface area contributed by atoms with Gasteiger partial charge in [-0.05, 0) is 24.3 Å². The van der Waals surface area contributed by atoms with Crippen LogP contribution in [0.5, 0.6) is 0 Å². The van der Waals surface area contributed by atoms with Gasteiger partial charge in [-0.2, -0.15) is 5.10 Å². The molecule has 2 aromatic carbocycles. The molecule has 130 valence electrons. The Morgan fingerprint density at radius 3 is 2.46 bits per heavy atom. The number of aryl methyl sites for hydroxylation is 1. The summed E-state index contributed by atoms with van der Waals surface area (Å²) in [6.45, 7) is 0. The first-order chi connectivity index (χ1) is 12.5. The highest BCUT2D eigenvalue weighted by Gasteiger charge is 2.17. The third kappa shape index (κ3) is 2.63. The van der Waals surface area contributed by atoms with Gasteiger partial charge >= 0.3 is 0 Å². The minimum atomic E-state index is -0.164. The fourth-order valence-electron chi connectivity index (χ4n) is 2.81. The highest BCUT2D eigenvalue weighted by molar-refractivity contribution is 5.91. The fourth-order valence-corrected chi connectivity index (χ4v) is 2.81. The molecule has 0 fully saturated rings. The van der Waals surface area contributed by atoms with Crippen LogP contribution in [-0.4, -0.2) is 34.1 Å². The molecule has 0 aliphatic carbocycles. The summed E-state index contributed by atoms with van der Waals surface area (Å²) in [5.74, 6) is 0.686. The first-order valence-corrected chi connectivity index (χ1v) is 8.12. The van der Waals surface area contributed by atoms with E-state index in [9.17, 15) is 4.79 Å². The SMILES string of the molecule is CN(C)c1cccc(-c2nnc(-c3nn(C)c(=O)c4ccccc34)o2)c1. The average Bonchev–Trinajstić information content (AvgIpc) is 3.15. The molecule has 2 heterocycles. The standard InChI is InChI=1S/C19H17N5O2/c1-23(2)13-8-6-7-12(11-13)17-20-21-18(26-17)16-14-9-4-5-10-15(14)19(25)24(3)22-16/h4-11H,1-3H3. The van der Waals surface area contributed by atoms with Crippen LogP contribution in [0.2, 0.25) is 0 Å². The Bertz CT molecular complexity index is 1160. The van der Waals surface area contributed by atoms with Gasteiger partial charge in [0.15, 0.2) is 5.69 Å². The minimum absolute atomic E-state index is 0.164. The van der Waals surface area contributed by atoms with Crippen LogP contribution in [0.1, 0.15) is 0 Å². The van der Waals surface area contributed by atoms with Crippen LogP contribution in [0.3, 0.4) is 0 Å². The van der Waals surface area contributed by atoms with Crippen LogP contribution < -0.4 is 10.5 Å². The quantitative estimate of drug-likeness (QED) is 0.567. The summed E-state index contributed by atoms with van der Waals surface area (Å²) in [4.78, 5) is 14.3. The van der Waals surface area contributed by atoms with Crippen molar-refractivity contribution in [2.45, 2.75) is 0 Å². The van der Waals surface area contributed by atoms with Crippen molar-refractivity contribution in [1.82, 2.24) is 20.0 Å². The Morgan fingerprint density at radius 1 is 0.962 bits per heavy atom. The molecule has 7 nitrogen and oxygen atoms in total. The maximum absolute atomic E-state index is 12.3. The minimum Gasteiger partial charge on any atom is -0.415 e. The predicted molar refractivity (Wildman–Crippen MR) is 100 cm³/mol. The first-order valence-electron chi connectivity index (χ1n) is 8.12. The first kappa shape index (κ1) is 16.0. The lowest BCUT2D eigenvalue weighted by molar-refractivity contribution is 0.577. The molecule has 0 aliphatic heterocycles. The second-order valence-electron chi connectivity index (χ2n) is 6.18. The number of hydrogen-bond donors (Lipinski definition) is 0. The second-order valence-corrected chi connectivity index (χ2v) is 6.18. The van der Waals surface area contributed by atoms with Crippen LogP contribution >= 0.6 is 0 Å². The van der Waals surface area contributed by atoms with Crippen LogP contribution in [-0.2, 0) is 7.05 Å². The Hall–Kier alpha value is -3.48. The summed E-state index contributed by atoms with van der Waals surface area (Å²) in [7, 11) is 5.55. The molecule has 0 atom stereocenters. The molecule has 0 spiro atoms. The lowest BCUT2D eigenvalue weighted by atomic mass is 10.1. The fraction of sp³-hybridized carbons (Fsp3) is 0.158. The largest absolute Gasteiger partial charge is 0.415 e. The highest BCUT2D eigenvalue weighted by Crippen LogP contribution is 2.28. The highest BCUT2D eigenvalue weighted by atomic mass is 16.4. The molecular weight excluding hydrogens is 330 g/mol. The van der Waals surface area contributed by atoms with Crippen LogP contribution in [0.25, 0.3) is 33.8 Å². The zero-order valence-electron chi connectivity index (χ0n) is 14.7. The maximum Gasteiger partial charge on any atom is 0.274 e. The number of hydrogen-bond acceptors (Lipinski definition) is 6. The van der Waals surface area contributed by atoms with Gasteiger partial charge < -0.3 is 9.32 Å². The van der Waals surface area contributed by atoms with Crippen LogP contribution in [0.15, 0.2) is 57.7 Å². The molecule has 0 saturated carbocycles. The molecule has 0 radical (unpaired) electrons. The third-order valence-corrected chi connectivity index (χ3v) is 4.19. The molecule has 2 aromatic heterocycles. The monoisotopic (exact) mass is 347 g/mol. The number of anilines is 1. The van der Waals surface area contributed by atoms with E-state index < -0.39 is 0 Å². The van der Waals surface area contributed by atoms with E-state index in [1.165, 1.54) is 4.68 Å². The van der Waals surface area contributed by atoms with Gasteiger partial charge in [-0.3, -0.25) is 4.79 Å². The van der Waals surface area contributed by atoms with Gasteiger partial charge in [0.05, 0.1) is 5.39 Å². The van der Waals surface area contributed by atoms with Gasteiger partial charge in [0.2, 0.25) is 5.89 Å². The maximum atomic E-state index is 12.3. The van der Waals surface area contributed by atoms with Crippen molar-refractivity contribution in [3.05, 3.63) is 58.9 Å². The van der Waals surface area contributed by atoms with Crippen molar-refractivity contribution in [3.8, 4) is 23.0 Å². The Kier molecular flexibility index (Phi) is 3.76.